The summed E-state index contributed by atoms with van der Waals surface area (Å²) in [6.45, 7) is 3.83. The number of aromatic nitrogens is 2. The summed E-state index contributed by atoms with van der Waals surface area (Å²) in [6, 6.07) is 8.26. The standard InChI is InChI=1S/C29H40N4O4S/c1-18(2)24(34)15-25(35)22(12-19-8-4-3-5-9-19)32-28(36)23(14-21-16-30-17-31-21)33-29(37)27-13-20-10-6-7-11-26(20)38-27/h6-7,10-11,13,16-19,22-25,34-35H,3-5,8-9,12,14-15H2,1-2H3,(H,30,31)(H,32,36)(H,33,37)/t22-,23-,24-,25-/m0/s1. The number of H-pyrrole nitrogens is 1. The van der Waals surface area contributed by atoms with Crippen molar-refractivity contribution in [1.82, 2.24) is 20.6 Å². The molecule has 4 rings (SSSR count). The van der Waals surface area contributed by atoms with Gasteiger partial charge in [0.25, 0.3) is 5.91 Å². The number of imidazole rings is 1. The molecule has 1 aliphatic rings. The number of carbonyl (C=O) groups is 2. The molecular formula is C29H40N4O4S. The van der Waals surface area contributed by atoms with Crippen molar-refractivity contribution in [1.29, 1.82) is 0 Å². The molecule has 1 aromatic carbocycles. The highest BCUT2D eigenvalue weighted by atomic mass is 32.1. The molecule has 8 nitrogen and oxygen atoms in total. The Morgan fingerprint density at radius 3 is 2.55 bits per heavy atom. The first kappa shape index (κ1) is 28.3. The molecule has 0 unspecified atom stereocenters. The first-order valence-corrected chi connectivity index (χ1v) is 14.5. The van der Waals surface area contributed by atoms with Crippen molar-refractivity contribution in [3.8, 4) is 0 Å². The summed E-state index contributed by atoms with van der Waals surface area (Å²) >= 11 is 1.39. The van der Waals surface area contributed by atoms with E-state index in [1.807, 2.05) is 44.2 Å². The average molecular weight is 541 g/mol. The summed E-state index contributed by atoms with van der Waals surface area (Å²) in [5.74, 6) is -0.248. The summed E-state index contributed by atoms with van der Waals surface area (Å²) in [7, 11) is 0. The number of benzene rings is 1. The Labute approximate surface area is 228 Å². The minimum absolute atomic E-state index is 0.00408. The van der Waals surface area contributed by atoms with Crippen molar-refractivity contribution in [2.24, 2.45) is 11.8 Å². The lowest BCUT2D eigenvalue weighted by molar-refractivity contribution is -0.125. The quantitative estimate of drug-likeness (QED) is 0.235. The van der Waals surface area contributed by atoms with E-state index in [1.165, 1.54) is 17.8 Å². The number of aliphatic hydroxyl groups is 2. The van der Waals surface area contributed by atoms with E-state index >= 15 is 0 Å². The minimum atomic E-state index is -0.885. The molecule has 3 aromatic rings. The largest absolute Gasteiger partial charge is 0.393 e. The summed E-state index contributed by atoms with van der Waals surface area (Å²) in [4.78, 5) is 34.5. The molecule has 0 bridgehead atoms. The van der Waals surface area contributed by atoms with Gasteiger partial charge in [-0.15, -0.1) is 11.3 Å². The molecule has 0 aliphatic heterocycles. The molecule has 1 fully saturated rings. The predicted octanol–water partition coefficient (Wildman–Crippen LogP) is 4.19. The van der Waals surface area contributed by atoms with E-state index in [2.05, 4.69) is 20.6 Å². The molecule has 2 aromatic heterocycles. The van der Waals surface area contributed by atoms with Crippen molar-refractivity contribution in [2.45, 2.75) is 89.5 Å². The minimum Gasteiger partial charge on any atom is -0.393 e. The second kappa shape index (κ2) is 13.4. The molecule has 206 valence electrons. The fourth-order valence-corrected chi connectivity index (χ4v) is 6.18. The van der Waals surface area contributed by atoms with Crippen LogP contribution in [0.3, 0.4) is 0 Å². The van der Waals surface area contributed by atoms with Gasteiger partial charge >= 0.3 is 0 Å². The molecule has 2 amide bonds. The molecule has 0 radical (unpaired) electrons. The van der Waals surface area contributed by atoms with Crippen LogP contribution in [0.25, 0.3) is 10.1 Å². The topological polar surface area (TPSA) is 127 Å². The monoisotopic (exact) mass is 540 g/mol. The second-order valence-corrected chi connectivity index (χ2v) is 12.0. The number of aromatic amines is 1. The fraction of sp³-hybridized carbons (Fsp3) is 0.552. The lowest BCUT2D eigenvalue weighted by Crippen LogP contribution is -2.54. The number of nitrogens with one attached hydrogen (secondary N) is 3. The third-order valence-corrected chi connectivity index (χ3v) is 8.72. The van der Waals surface area contributed by atoms with Gasteiger partial charge < -0.3 is 25.8 Å². The highest BCUT2D eigenvalue weighted by molar-refractivity contribution is 7.20. The van der Waals surface area contributed by atoms with Crippen LogP contribution >= 0.6 is 11.3 Å². The van der Waals surface area contributed by atoms with Gasteiger partial charge in [-0.25, -0.2) is 4.98 Å². The molecule has 38 heavy (non-hydrogen) atoms. The number of amides is 2. The third kappa shape index (κ3) is 7.65. The van der Waals surface area contributed by atoms with Gasteiger partial charge in [0, 0.05) is 29.4 Å². The zero-order valence-electron chi connectivity index (χ0n) is 22.2. The van der Waals surface area contributed by atoms with Crippen LogP contribution in [0.1, 0.15) is 74.2 Å². The first-order valence-electron chi connectivity index (χ1n) is 13.7. The van der Waals surface area contributed by atoms with E-state index in [0.29, 0.717) is 17.2 Å². The van der Waals surface area contributed by atoms with Gasteiger partial charge in [-0.2, -0.15) is 0 Å². The van der Waals surface area contributed by atoms with Crippen molar-refractivity contribution < 1.29 is 19.8 Å². The number of fused-ring (bicyclic) bond motifs is 1. The van der Waals surface area contributed by atoms with Crippen LogP contribution in [0, 0.1) is 11.8 Å². The molecule has 1 aliphatic carbocycles. The predicted molar refractivity (Wildman–Crippen MR) is 150 cm³/mol. The van der Waals surface area contributed by atoms with E-state index in [1.54, 1.807) is 12.5 Å². The number of hydrogen-bond donors (Lipinski definition) is 5. The zero-order chi connectivity index (χ0) is 27.1. The molecule has 0 spiro atoms. The van der Waals surface area contributed by atoms with Crippen LogP contribution in [-0.4, -0.2) is 56.3 Å². The fourth-order valence-electron chi connectivity index (χ4n) is 5.21. The molecule has 2 heterocycles. The van der Waals surface area contributed by atoms with Gasteiger partial charge in [0.05, 0.1) is 29.5 Å². The molecule has 0 saturated heterocycles. The van der Waals surface area contributed by atoms with E-state index in [4.69, 9.17) is 0 Å². The summed E-state index contributed by atoms with van der Waals surface area (Å²) in [5.41, 5.74) is 0.724. The van der Waals surface area contributed by atoms with Gasteiger partial charge in [-0.3, -0.25) is 9.59 Å². The Balaban J connectivity index is 1.51. The number of carbonyl (C=O) groups excluding carboxylic acids is 2. The number of hydrogen-bond acceptors (Lipinski definition) is 6. The molecule has 4 atom stereocenters. The normalized spacial score (nSPS) is 17.7. The van der Waals surface area contributed by atoms with E-state index in [0.717, 1.165) is 41.5 Å². The van der Waals surface area contributed by atoms with Crippen LogP contribution in [0.2, 0.25) is 0 Å². The smallest absolute Gasteiger partial charge is 0.262 e. The highest BCUT2D eigenvalue weighted by Gasteiger charge is 2.31. The summed E-state index contributed by atoms with van der Waals surface area (Å²) < 4.78 is 1.01. The Morgan fingerprint density at radius 2 is 1.87 bits per heavy atom. The average Bonchev–Trinajstić information content (AvgIpc) is 3.58. The van der Waals surface area contributed by atoms with Gasteiger partial charge in [-0.05, 0) is 35.8 Å². The van der Waals surface area contributed by atoms with Crippen molar-refractivity contribution in [3.05, 3.63) is 53.4 Å². The number of rotatable bonds is 12. The van der Waals surface area contributed by atoms with Crippen LogP contribution in [0.4, 0.5) is 0 Å². The number of nitrogens with zero attached hydrogens (tertiary/aromatic N) is 1. The lowest BCUT2D eigenvalue weighted by atomic mass is 9.82. The number of thiophene rings is 1. The van der Waals surface area contributed by atoms with E-state index < -0.39 is 24.3 Å². The molecular weight excluding hydrogens is 500 g/mol. The first-order chi connectivity index (χ1) is 18.3. The lowest BCUT2D eigenvalue weighted by Gasteiger charge is -2.32. The van der Waals surface area contributed by atoms with Crippen molar-refractivity contribution >= 4 is 33.2 Å². The van der Waals surface area contributed by atoms with Crippen molar-refractivity contribution in [2.75, 3.05) is 0 Å². The maximum atomic E-state index is 13.7. The maximum absolute atomic E-state index is 13.7. The van der Waals surface area contributed by atoms with Gasteiger partial charge in [0.2, 0.25) is 5.91 Å². The van der Waals surface area contributed by atoms with Crippen LogP contribution in [-0.2, 0) is 11.2 Å². The zero-order valence-corrected chi connectivity index (χ0v) is 23.0. The Kier molecular flexibility index (Phi) is 9.93. The van der Waals surface area contributed by atoms with Gasteiger partial charge in [0.1, 0.15) is 6.04 Å². The Morgan fingerprint density at radius 1 is 1.11 bits per heavy atom. The van der Waals surface area contributed by atoms with Gasteiger partial charge in [-0.1, -0.05) is 64.2 Å². The van der Waals surface area contributed by atoms with E-state index in [-0.39, 0.29) is 30.6 Å². The SMILES string of the molecule is CC(C)[C@@H](O)C[C@H](O)[C@H](CC1CCCCC1)NC(=O)[C@H](Cc1cnc[nH]1)NC(=O)c1cc2ccccc2s1. The Bertz CT molecular complexity index is 1140. The van der Waals surface area contributed by atoms with Crippen LogP contribution < -0.4 is 10.6 Å². The maximum Gasteiger partial charge on any atom is 0.262 e. The summed E-state index contributed by atoms with van der Waals surface area (Å²) in [6.07, 6.45) is 8.40. The molecule has 9 heteroatoms. The molecule has 5 N–H and O–H groups in total. The second-order valence-electron chi connectivity index (χ2n) is 10.9. The van der Waals surface area contributed by atoms with E-state index in [9.17, 15) is 19.8 Å². The number of aliphatic hydroxyl groups excluding tert-OH is 2. The molecule has 1 saturated carbocycles. The van der Waals surface area contributed by atoms with Gasteiger partial charge in [0.15, 0.2) is 0 Å². The highest BCUT2D eigenvalue weighted by Crippen LogP contribution is 2.29. The van der Waals surface area contributed by atoms with Crippen LogP contribution in [0.15, 0.2) is 42.9 Å². The Hall–Kier alpha value is -2.75. The van der Waals surface area contributed by atoms with Crippen LogP contribution in [0.5, 0.6) is 0 Å². The van der Waals surface area contributed by atoms with Crippen molar-refractivity contribution in [3.63, 3.8) is 0 Å². The summed E-state index contributed by atoms with van der Waals surface area (Å²) in [5, 5.41) is 28.5. The third-order valence-electron chi connectivity index (χ3n) is 7.61.